The molecule has 0 radical (unpaired) electrons. The molecule has 0 spiro atoms. The number of hydrogen-bond donors (Lipinski definition) is 2. The zero-order valence-electron chi connectivity index (χ0n) is 8.61. The molecule has 2 rings (SSSR count). The lowest BCUT2D eigenvalue weighted by Crippen LogP contribution is -2.66. The van der Waals surface area contributed by atoms with Gasteiger partial charge in [0, 0.05) is 0 Å². The molecule has 2 aliphatic rings. The van der Waals surface area contributed by atoms with Crippen LogP contribution in [0.15, 0.2) is 11.1 Å². The maximum atomic E-state index is 12.0. The number of alkyl halides is 1. The third-order valence-electron chi connectivity index (χ3n) is 3.32. The Hall–Kier alpha value is 0.260. The Kier molecular flexibility index (Phi) is 3.09. The number of Topliss-reactive ketones (excluding diaryl/α,β-unsaturated/α-hetero) is 1. The van der Waals surface area contributed by atoms with Crippen LogP contribution in [0.1, 0.15) is 12.8 Å². The van der Waals surface area contributed by atoms with E-state index in [1.54, 1.807) is 6.26 Å². The molecule has 3 nitrogen and oxygen atoms in total. The molecule has 0 aromatic heterocycles. The van der Waals surface area contributed by atoms with Crippen LogP contribution in [0, 0.1) is 0 Å². The van der Waals surface area contributed by atoms with Gasteiger partial charge < -0.3 is 10.2 Å². The predicted molar refractivity (Wildman–Crippen MR) is 65.0 cm³/mol. The van der Waals surface area contributed by atoms with Gasteiger partial charge in [0.15, 0.2) is 5.78 Å². The Balaban J connectivity index is 2.59. The first kappa shape index (κ1) is 12.7. The highest BCUT2D eigenvalue weighted by molar-refractivity contribution is 7.99. The lowest BCUT2D eigenvalue weighted by molar-refractivity contribution is -0.126. The van der Waals surface area contributed by atoms with Crippen molar-refractivity contribution in [3.05, 3.63) is 11.1 Å². The highest BCUT2D eigenvalue weighted by Crippen LogP contribution is 2.51. The zero-order chi connectivity index (χ0) is 12.1. The van der Waals surface area contributed by atoms with E-state index in [-0.39, 0.29) is 5.03 Å². The highest BCUT2D eigenvalue weighted by Gasteiger charge is 2.63. The summed E-state index contributed by atoms with van der Waals surface area (Å²) in [6.45, 7) is 0. The molecule has 16 heavy (non-hydrogen) atoms. The number of rotatable bonds is 1. The number of carbonyl (C=O) groups excluding carboxylic acids is 1. The van der Waals surface area contributed by atoms with Crippen molar-refractivity contribution in [2.45, 2.75) is 34.7 Å². The number of ketones is 1. The average molecular weight is 283 g/mol. The van der Waals surface area contributed by atoms with Crippen LogP contribution in [0.5, 0.6) is 0 Å². The summed E-state index contributed by atoms with van der Waals surface area (Å²) >= 11 is 13.3. The van der Waals surface area contributed by atoms with E-state index in [1.807, 2.05) is 0 Å². The summed E-state index contributed by atoms with van der Waals surface area (Å²) in [5.41, 5.74) is -1.20. The Bertz CT molecular complexity index is 373. The van der Waals surface area contributed by atoms with E-state index in [0.29, 0.717) is 12.8 Å². The molecule has 2 N–H and O–H groups in total. The van der Waals surface area contributed by atoms with Gasteiger partial charge in [0.05, 0.1) is 22.0 Å². The fourth-order valence-electron chi connectivity index (χ4n) is 2.51. The van der Waals surface area contributed by atoms with Crippen LogP contribution in [-0.2, 0) is 4.79 Å². The molecule has 0 aromatic rings. The van der Waals surface area contributed by atoms with Gasteiger partial charge >= 0.3 is 0 Å². The van der Waals surface area contributed by atoms with E-state index < -0.39 is 27.6 Å². The second kappa shape index (κ2) is 3.89. The molecular formula is C10H12Cl2O3S. The fourth-order valence-corrected chi connectivity index (χ4v) is 4.77. The summed E-state index contributed by atoms with van der Waals surface area (Å²) < 4.78 is 0. The van der Waals surface area contributed by atoms with Crippen LogP contribution < -0.4 is 0 Å². The molecule has 0 heterocycles. The van der Waals surface area contributed by atoms with Crippen LogP contribution >= 0.6 is 35.0 Å². The maximum absolute atomic E-state index is 12.0. The third-order valence-corrected chi connectivity index (χ3v) is 5.62. The predicted octanol–water partition coefficient (Wildman–Crippen LogP) is 1.29. The summed E-state index contributed by atoms with van der Waals surface area (Å²) in [4.78, 5) is 10.5. The van der Waals surface area contributed by atoms with Crippen LogP contribution in [-0.4, -0.2) is 44.1 Å². The van der Waals surface area contributed by atoms with Gasteiger partial charge in [-0.2, -0.15) is 11.8 Å². The van der Waals surface area contributed by atoms with Crippen molar-refractivity contribution in [1.82, 2.24) is 0 Å². The summed E-state index contributed by atoms with van der Waals surface area (Å²) in [5, 5.41) is 19.7. The van der Waals surface area contributed by atoms with Crippen LogP contribution in [0.3, 0.4) is 0 Å². The lowest BCUT2D eigenvalue weighted by atomic mass is 9.69. The van der Waals surface area contributed by atoms with Gasteiger partial charge in [0.1, 0.15) is 4.87 Å². The van der Waals surface area contributed by atoms with Gasteiger partial charge in [-0.1, -0.05) is 11.6 Å². The molecule has 90 valence electrons. The van der Waals surface area contributed by atoms with E-state index in [9.17, 15) is 15.0 Å². The van der Waals surface area contributed by atoms with Gasteiger partial charge in [0.25, 0.3) is 0 Å². The SMILES string of the molecule is CS[C@@H]1[C@]2(Cl)C(=O)C(Cl)=C[C@@]1(O)CC[C@H]2O. The zero-order valence-corrected chi connectivity index (χ0v) is 10.9. The first-order chi connectivity index (χ1) is 7.36. The van der Waals surface area contributed by atoms with Gasteiger partial charge in [-0.3, -0.25) is 4.79 Å². The largest absolute Gasteiger partial charge is 0.391 e. The molecular weight excluding hydrogens is 271 g/mol. The highest BCUT2D eigenvalue weighted by atomic mass is 35.5. The first-order valence-corrected chi connectivity index (χ1v) is 6.96. The monoisotopic (exact) mass is 282 g/mol. The molecule has 2 aliphatic carbocycles. The molecule has 0 unspecified atom stereocenters. The normalized spacial score (nSPS) is 47.8. The molecule has 1 saturated carbocycles. The summed E-state index contributed by atoms with van der Waals surface area (Å²) in [6.07, 6.45) is 2.80. The number of thioether (sulfide) groups is 1. The van der Waals surface area contributed by atoms with Crippen molar-refractivity contribution in [3.8, 4) is 0 Å². The molecule has 4 atom stereocenters. The van der Waals surface area contributed by atoms with E-state index >= 15 is 0 Å². The van der Waals surface area contributed by atoms with Crippen molar-refractivity contribution in [2.75, 3.05) is 6.26 Å². The summed E-state index contributed by atoms with van der Waals surface area (Å²) in [5.74, 6) is -0.493. The second-order valence-corrected chi connectivity index (χ2v) is 6.23. The molecule has 0 saturated heterocycles. The Morgan fingerprint density at radius 1 is 1.62 bits per heavy atom. The number of hydrogen-bond acceptors (Lipinski definition) is 4. The van der Waals surface area contributed by atoms with E-state index in [2.05, 4.69) is 0 Å². The van der Waals surface area contributed by atoms with Crippen molar-refractivity contribution >= 4 is 40.7 Å². The van der Waals surface area contributed by atoms with Crippen molar-refractivity contribution < 1.29 is 15.0 Å². The van der Waals surface area contributed by atoms with Crippen molar-refractivity contribution in [2.24, 2.45) is 0 Å². The molecule has 2 bridgehead atoms. The number of fused-ring (bicyclic) bond motifs is 2. The first-order valence-electron chi connectivity index (χ1n) is 4.91. The van der Waals surface area contributed by atoms with Gasteiger partial charge in [-0.15, -0.1) is 11.6 Å². The fraction of sp³-hybridized carbons (Fsp3) is 0.700. The van der Waals surface area contributed by atoms with Crippen LogP contribution in [0.4, 0.5) is 0 Å². The molecule has 0 aliphatic heterocycles. The number of allylic oxidation sites excluding steroid dienone is 1. The topological polar surface area (TPSA) is 57.5 Å². The van der Waals surface area contributed by atoms with Gasteiger partial charge in [0.2, 0.25) is 0 Å². The minimum atomic E-state index is -1.50. The summed E-state index contributed by atoms with van der Waals surface area (Å²) in [7, 11) is 0. The summed E-state index contributed by atoms with van der Waals surface area (Å²) in [6, 6.07) is 0. The minimum Gasteiger partial charge on any atom is -0.391 e. The molecule has 6 heteroatoms. The van der Waals surface area contributed by atoms with Gasteiger partial charge in [-0.25, -0.2) is 0 Å². The average Bonchev–Trinajstić information content (AvgIpc) is 2.22. The number of aliphatic hydroxyl groups excluding tert-OH is 1. The van der Waals surface area contributed by atoms with E-state index in [4.69, 9.17) is 23.2 Å². The molecule has 0 aromatic carbocycles. The van der Waals surface area contributed by atoms with Crippen molar-refractivity contribution in [1.29, 1.82) is 0 Å². The smallest absolute Gasteiger partial charge is 0.198 e. The standard InChI is InChI=1S/C10H12Cl2O3S/c1-16-8-9(15)3-2-6(13)10(8,12)7(14)5(11)4-9/h4,6,8,13,15H,2-3H2,1H3/t6-,8+,9+,10-/m1/s1. The van der Waals surface area contributed by atoms with E-state index in [1.165, 1.54) is 17.8 Å². The number of halogens is 2. The maximum Gasteiger partial charge on any atom is 0.198 e. The number of aliphatic hydroxyl groups is 2. The number of carbonyl (C=O) groups is 1. The third kappa shape index (κ3) is 1.47. The second-order valence-electron chi connectivity index (χ2n) is 4.25. The lowest BCUT2D eigenvalue weighted by Gasteiger charge is -2.51. The van der Waals surface area contributed by atoms with E-state index in [0.717, 1.165) is 0 Å². The van der Waals surface area contributed by atoms with Crippen LogP contribution in [0.2, 0.25) is 0 Å². The van der Waals surface area contributed by atoms with Crippen LogP contribution in [0.25, 0.3) is 0 Å². The Morgan fingerprint density at radius 3 is 2.81 bits per heavy atom. The molecule has 0 amide bonds. The Morgan fingerprint density at radius 2 is 2.25 bits per heavy atom. The van der Waals surface area contributed by atoms with Crippen molar-refractivity contribution in [3.63, 3.8) is 0 Å². The minimum absolute atomic E-state index is 0.0819. The quantitative estimate of drug-likeness (QED) is 0.712. The Labute approximate surface area is 108 Å². The molecule has 1 fully saturated rings. The van der Waals surface area contributed by atoms with Gasteiger partial charge in [-0.05, 0) is 25.2 Å².